The van der Waals surface area contributed by atoms with Crippen LogP contribution in [-0.4, -0.2) is 4.98 Å². The van der Waals surface area contributed by atoms with E-state index in [4.69, 9.17) is 0 Å². The second-order valence-electron chi connectivity index (χ2n) is 4.93. The molecule has 1 heterocycles. The van der Waals surface area contributed by atoms with Crippen LogP contribution in [0.5, 0.6) is 0 Å². The first kappa shape index (κ1) is 13.8. The Labute approximate surface area is 132 Å². The van der Waals surface area contributed by atoms with Crippen LogP contribution in [0.1, 0.15) is 23.0 Å². The van der Waals surface area contributed by atoms with E-state index in [1.54, 1.807) is 0 Å². The maximum absolute atomic E-state index is 9.23. The van der Waals surface area contributed by atoms with Crippen molar-refractivity contribution in [2.24, 2.45) is 0 Å². The van der Waals surface area contributed by atoms with Gasteiger partial charge in [-0.25, -0.2) is 4.98 Å². The van der Waals surface area contributed by atoms with E-state index in [2.05, 4.69) is 58.2 Å². The summed E-state index contributed by atoms with van der Waals surface area (Å²) in [6.07, 6.45) is 0. The normalized spacial score (nSPS) is 12.0. The summed E-state index contributed by atoms with van der Waals surface area (Å²) in [5, 5.41) is 10.3. The Morgan fingerprint density at radius 1 is 1.10 bits per heavy atom. The summed E-state index contributed by atoms with van der Waals surface area (Å²) >= 11 is 3.57. The molecule has 0 spiro atoms. The minimum absolute atomic E-state index is 0.259. The fourth-order valence-electron chi connectivity index (χ4n) is 2.41. The number of alkyl halides is 1. The van der Waals surface area contributed by atoms with Crippen LogP contribution in [-0.2, 0) is 0 Å². The maximum Gasteiger partial charge on any atom is 0.141 e. The largest absolute Gasteiger partial charge is 0.237 e. The van der Waals surface area contributed by atoms with Gasteiger partial charge in [0.2, 0.25) is 0 Å². The van der Waals surface area contributed by atoms with Gasteiger partial charge in [-0.2, -0.15) is 5.26 Å². The molecule has 2 aromatic carbocycles. The Kier molecular flexibility index (Phi) is 3.72. The van der Waals surface area contributed by atoms with Gasteiger partial charge in [-0.3, -0.25) is 0 Å². The lowest BCUT2D eigenvalue weighted by molar-refractivity contribution is 1.13. The molecule has 0 amide bonds. The molecule has 2 nitrogen and oxygen atoms in total. The number of halogens is 1. The molecule has 3 rings (SSSR count). The van der Waals surface area contributed by atoms with Crippen molar-refractivity contribution in [3.05, 3.63) is 65.9 Å². The molecule has 102 valence electrons. The first-order valence-corrected chi connectivity index (χ1v) is 7.65. The highest BCUT2D eigenvalue weighted by Crippen LogP contribution is 2.31. The molecule has 1 atom stereocenters. The topological polar surface area (TPSA) is 36.7 Å². The van der Waals surface area contributed by atoms with Crippen LogP contribution >= 0.6 is 15.9 Å². The van der Waals surface area contributed by atoms with Gasteiger partial charge in [0.25, 0.3) is 0 Å². The third-order valence-corrected chi connectivity index (χ3v) is 4.02. The van der Waals surface area contributed by atoms with Gasteiger partial charge in [-0.1, -0.05) is 58.4 Å². The minimum Gasteiger partial charge on any atom is -0.237 e. The molecule has 0 aliphatic rings. The number of hydrogen-bond acceptors (Lipinski definition) is 2. The predicted octanol–water partition coefficient (Wildman–Crippen LogP) is 5.23. The number of fused-ring (bicyclic) bond motifs is 1. The lowest BCUT2D eigenvalue weighted by Crippen LogP contribution is -1.92. The highest BCUT2D eigenvalue weighted by Gasteiger charge is 2.10. The third kappa shape index (κ3) is 2.68. The van der Waals surface area contributed by atoms with Gasteiger partial charge in [0.05, 0.1) is 5.52 Å². The third-order valence-electron chi connectivity index (χ3n) is 3.49. The first-order valence-electron chi connectivity index (χ1n) is 6.73. The summed E-state index contributed by atoms with van der Waals surface area (Å²) in [5.41, 5.74) is 4.61. The second-order valence-corrected chi connectivity index (χ2v) is 6.30. The molecule has 0 radical (unpaired) electrons. The molecular formula is C18H13BrN2. The molecule has 0 aliphatic heterocycles. The van der Waals surface area contributed by atoms with Crippen LogP contribution in [0.2, 0.25) is 0 Å². The molecule has 1 unspecified atom stereocenters. The SMILES string of the molecule is CC(Br)c1ccc2c(-c3ccccc3)cc(C#N)nc2c1. The van der Waals surface area contributed by atoms with Crippen molar-refractivity contribution in [3.63, 3.8) is 0 Å². The first-order chi connectivity index (χ1) is 10.2. The average molecular weight is 337 g/mol. The molecule has 0 fully saturated rings. The van der Waals surface area contributed by atoms with E-state index in [9.17, 15) is 5.26 Å². The van der Waals surface area contributed by atoms with Crippen LogP contribution < -0.4 is 0 Å². The highest BCUT2D eigenvalue weighted by atomic mass is 79.9. The van der Waals surface area contributed by atoms with E-state index in [1.165, 1.54) is 0 Å². The molecule has 0 saturated heterocycles. The molecule has 0 aliphatic carbocycles. The lowest BCUT2D eigenvalue weighted by atomic mass is 9.99. The van der Waals surface area contributed by atoms with Crippen molar-refractivity contribution in [1.82, 2.24) is 4.98 Å². The molecule has 0 saturated carbocycles. The van der Waals surface area contributed by atoms with Crippen molar-refractivity contribution in [2.45, 2.75) is 11.8 Å². The second kappa shape index (κ2) is 5.67. The molecule has 1 aromatic heterocycles. The van der Waals surface area contributed by atoms with Crippen LogP contribution in [0.15, 0.2) is 54.6 Å². The minimum atomic E-state index is 0.259. The molecular weight excluding hydrogens is 324 g/mol. The van der Waals surface area contributed by atoms with Gasteiger partial charge in [0.15, 0.2) is 0 Å². The van der Waals surface area contributed by atoms with E-state index in [1.807, 2.05) is 30.3 Å². The molecule has 0 bridgehead atoms. The summed E-state index contributed by atoms with van der Waals surface area (Å²) in [6, 6.07) is 20.3. The zero-order chi connectivity index (χ0) is 14.8. The average Bonchev–Trinajstić information content (AvgIpc) is 2.53. The van der Waals surface area contributed by atoms with Crippen molar-refractivity contribution in [2.75, 3.05) is 0 Å². The maximum atomic E-state index is 9.23. The van der Waals surface area contributed by atoms with E-state index in [0.717, 1.165) is 27.6 Å². The van der Waals surface area contributed by atoms with Crippen molar-refractivity contribution >= 4 is 26.8 Å². The standard InChI is InChI=1S/C18H13BrN2/c1-12(19)14-7-8-16-17(13-5-3-2-4-6-13)10-15(11-20)21-18(16)9-14/h2-10,12H,1H3. The van der Waals surface area contributed by atoms with Gasteiger partial charge >= 0.3 is 0 Å². The Bertz CT molecular complexity index is 833. The van der Waals surface area contributed by atoms with Crippen LogP contribution in [0, 0.1) is 11.3 Å². The number of benzene rings is 2. The predicted molar refractivity (Wildman–Crippen MR) is 89.2 cm³/mol. The Balaban J connectivity index is 2.31. The van der Waals surface area contributed by atoms with E-state index >= 15 is 0 Å². The Hall–Kier alpha value is -2.18. The van der Waals surface area contributed by atoms with Crippen LogP contribution in [0.4, 0.5) is 0 Å². The zero-order valence-corrected chi connectivity index (χ0v) is 13.1. The zero-order valence-electron chi connectivity index (χ0n) is 11.5. The highest BCUT2D eigenvalue weighted by molar-refractivity contribution is 9.09. The van der Waals surface area contributed by atoms with Crippen molar-refractivity contribution < 1.29 is 0 Å². The Morgan fingerprint density at radius 3 is 2.52 bits per heavy atom. The lowest BCUT2D eigenvalue weighted by Gasteiger charge is -2.10. The van der Waals surface area contributed by atoms with E-state index < -0.39 is 0 Å². The van der Waals surface area contributed by atoms with Crippen LogP contribution in [0.3, 0.4) is 0 Å². The van der Waals surface area contributed by atoms with Gasteiger partial charge in [0, 0.05) is 10.2 Å². The number of aromatic nitrogens is 1. The number of nitriles is 1. The fourth-order valence-corrected chi connectivity index (χ4v) is 2.69. The fraction of sp³-hybridized carbons (Fsp3) is 0.111. The van der Waals surface area contributed by atoms with E-state index in [-0.39, 0.29) is 4.83 Å². The molecule has 21 heavy (non-hydrogen) atoms. The van der Waals surface area contributed by atoms with Crippen molar-refractivity contribution in [3.8, 4) is 17.2 Å². The number of pyridine rings is 1. The number of rotatable bonds is 2. The van der Waals surface area contributed by atoms with Crippen LogP contribution in [0.25, 0.3) is 22.0 Å². The molecule has 3 heteroatoms. The number of hydrogen-bond donors (Lipinski definition) is 0. The van der Waals surface area contributed by atoms with Gasteiger partial charge in [-0.05, 0) is 35.7 Å². The summed E-state index contributed by atoms with van der Waals surface area (Å²) < 4.78 is 0. The monoisotopic (exact) mass is 336 g/mol. The van der Waals surface area contributed by atoms with Gasteiger partial charge < -0.3 is 0 Å². The van der Waals surface area contributed by atoms with E-state index in [0.29, 0.717) is 5.69 Å². The summed E-state index contributed by atoms with van der Waals surface area (Å²) in [6.45, 7) is 2.08. The van der Waals surface area contributed by atoms with Crippen molar-refractivity contribution in [1.29, 1.82) is 5.26 Å². The van der Waals surface area contributed by atoms with Gasteiger partial charge in [0.1, 0.15) is 11.8 Å². The summed E-state index contributed by atoms with van der Waals surface area (Å²) in [7, 11) is 0. The molecule has 0 N–H and O–H groups in total. The van der Waals surface area contributed by atoms with Gasteiger partial charge in [-0.15, -0.1) is 0 Å². The summed E-state index contributed by atoms with van der Waals surface area (Å²) in [4.78, 5) is 4.70. The quantitative estimate of drug-likeness (QED) is 0.601. The summed E-state index contributed by atoms with van der Waals surface area (Å²) in [5.74, 6) is 0. The number of nitrogens with zero attached hydrogens (tertiary/aromatic N) is 2. The Morgan fingerprint density at radius 2 is 1.86 bits per heavy atom. The molecule has 3 aromatic rings. The smallest absolute Gasteiger partial charge is 0.141 e.